The second kappa shape index (κ2) is 6.59. The van der Waals surface area contributed by atoms with Crippen molar-refractivity contribution in [1.29, 1.82) is 0 Å². The van der Waals surface area contributed by atoms with Gasteiger partial charge in [-0.2, -0.15) is 0 Å². The van der Waals surface area contributed by atoms with Gasteiger partial charge in [0.25, 0.3) is 0 Å². The van der Waals surface area contributed by atoms with Gasteiger partial charge in [-0.25, -0.2) is 0 Å². The zero-order valence-corrected chi connectivity index (χ0v) is 9.28. The number of rotatable bonds is 8. The lowest BCUT2D eigenvalue weighted by molar-refractivity contribution is 0.156. The van der Waals surface area contributed by atoms with Crippen LogP contribution in [0.4, 0.5) is 0 Å². The molecule has 0 bridgehead atoms. The van der Waals surface area contributed by atoms with Crippen LogP contribution in [0.1, 0.15) is 19.3 Å². The fourth-order valence-corrected chi connectivity index (χ4v) is 1.56. The summed E-state index contributed by atoms with van der Waals surface area (Å²) < 4.78 is 0. The summed E-state index contributed by atoms with van der Waals surface area (Å²) in [6.07, 6.45) is 8.82. The first-order chi connectivity index (χ1) is 7.26. The molecule has 0 aromatic heterocycles. The minimum absolute atomic E-state index is 0.202. The molecule has 1 atom stereocenters. The Morgan fingerprint density at radius 1 is 1.47 bits per heavy atom. The van der Waals surface area contributed by atoms with Gasteiger partial charge < -0.3 is 10.4 Å². The van der Waals surface area contributed by atoms with Crippen molar-refractivity contribution in [2.45, 2.75) is 25.4 Å². The number of nitrogens with one attached hydrogen (secondary N) is 1. The SMILES string of the molecule is C=C/C=C(\C=C)CNCC(O)CC1CC1. The van der Waals surface area contributed by atoms with E-state index in [1.165, 1.54) is 12.8 Å². The van der Waals surface area contributed by atoms with E-state index in [0.29, 0.717) is 6.54 Å². The molecule has 1 saturated carbocycles. The van der Waals surface area contributed by atoms with Gasteiger partial charge in [-0.3, -0.25) is 0 Å². The highest BCUT2D eigenvalue weighted by Gasteiger charge is 2.23. The minimum atomic E-state index is -0.202. The van der Waals surface area contributed by atoms with E-state index in [0.717, 1.165) is 24.5 Å². The molecule has 1 unspecified atom stereocenters. The van der Waals surface area contributed by atoms with Crippen molar-refractivity contribution in [1.82, 2.24) is 5.32 Å². The second-order valence-electron chi connectivity index (χ2n) is 4.15. The third kappa shape index (κ3) is 5.55. The van der Waals surface area contributed by atoms with Gasteiger partial charge in [-0.1, -0.05) is 44.2 Å². The van der Waals surface area contributed by atoms with Gasteiger partial charge in [-0.15, -0.1) is 0 Å². The van der Waals surface area contributed by atoms with Crippen molar-refractivity contribution in [3.63, 3.8) is 0 Å². The molecule has 1 aliphatic rings. The van der Waals surface area contributed by atoms with Gasteiger partial charge >= 0.3 is 0 Å². The highest BCUT2D eigenvalue weighted by Crippen LogP contribution is 2.33. The van der Waals surface area contributed by atoms with Crippen molar-refractivity contribution < 1.29 is 5.11 Å². The largest absolute Gasteiger partial charge is 0.392 e. The van der Waals surface area contributed by atoms with E-state index in [1.807, 2.05) is 12.2 Å². The summed E-state index contributed by atoms with van der Waals surface area (Å²) in [5, 5.41) is 12.9. The molecule has 0 amide bonds. The normalized spacial score (nSPS) is 18.6. The molecule has 0 saturated heterocycles. The predicted octanol–water partition coefficient (Wildman–Crippen LogP) is 2.04. The minimum Gasteiger partial charge on any atom is -0.392 e. The highest BCUT2D eigenvalue weighted by molar-refractivity contribution is 5.22. The van der Waals surface area contributed by atoms with Gasteiger partial charge in [-0.05, 0) is 17.9 Å². The van der Waals surface area contributed by atoms with Crippen molar-refractivity contribution in [2.75, 3.05) is 13.1 Å². The fourth-order valence-electron chi connectivity index (χ4n) is 1.56. The summed E-state index contributed by atoms with van der Waals surface area (Å²) >= 11 is 0. The van der Waals surface area contributed by atoms with E-state index in [4.69, 9.17) is 0 Å². The molecule has 2 nitrogen and oxygen atoms in total. The maximum atomic E-state index is 9.65. The highest BCUT2D eigenvalue weighted by atomic mass is 16.3. The van der Waals surface area contributed by atoms with Crippen molar-refractivity contribution >= 4 is 0 Å². The van der Waals surface area contributed by atoms with Crippen LogP contribution in [0.15, 0.2) is 37.0 Å². The van der Waals surface area contributed by atoms with Crippen molar-refractivity contribution in [3.05, 3.63) is 37.0 Å². The molecule has 0 aromatic rings. The molecule has 1 aliphatic carbocycles. The number of aliphatic hydroxyl groups is 1. The van der Waals surface area contributed by atoms with Crippen LogP contribution in [0.5, 0.6) is 0 Å². The van der Waals surface area contributed by atoms with E-state index < -0.39 is 0 Å². The molecular weight excluding hydrogens is 186 g/mol. The molecule has 0 aliphatic heterocycles. The quantitative estimate of drug-likeness (QED) is 0.597. The third-order valence-corrected chi connectivity index (χ3v) is 2.61. The number of aliphatic hydroxyl groups excluding tert-OH is 1. The molecule has 0 radical (unpaired) electrons. The van der Waals surface area contributed by atoms with Crippen LogP contribution < -0.4 is 5.32 Å². The van der Waals surface area contributed by atoms with Crippen molar-refractivity contribution in [2.24, 2.45) is 5.92 Å². The van der Waals surface area contributed by atoms with E-state index in [2.05, 4.69) is 18.5 Å². The lowest BCUT2D eigenvalue weighted by Gasteiger charge is -2.11. The molecule has 0 aromatic carbocycles. The Hall–Kier alpha value is -0.860. The Kier molecular flexibility index (Phi) is 5.37. The van der Waals surface area contributed by atoms with Gasteiger partial charge in [0.1, 0.15) is 0 Å². The fraction of sp³-hybridized carbons (Fsp3) is 0.538. The zero-order chi connectivity index (χ0) is 11.1. The Balaban J connectivity index is 2.10. The molecule has 84 valence electrons. The van der Waals surface area contributed by atoms with Crippen molar-refractivity contribution in [3.8, 4) is 0 Å². The first kappa shape index (κ1) is 12.2. The van der Waals surface area contributed by atoms with Crippen LogP contribution in [0, 0.1) is 5.92 Å². The van der Waals surface area contributed by atoms with Gasteiger partial charge in [0.2, 0.25) is 0 Å². The molecule has 0 spiro atoms. The van der Waals surface area contributed by atoms with Crippen LogP contribution in [0.25, 0.3) is 0 Å². The summed E-state index contributed by atoms with van der Waals surface area (Å²) in [4.78, 5) is 0. The molecule has 15 heavy (non-hydrogen) atoms. The van der Waals surface area contributed by atoms with Crippen LogP contribution in [-0.2, 0) is 0 Å². The maximum Gasteiger partial charge on any atom is 0.0667 e. The number of hydrogen-bond donors (Lipinski definition) is 2. The van der Waals surface area contributed by atoms with Crippen LogP contribution in [-0.4, -0.2) is 24.3 Å². The predicted molar refractivity (Wildman–Crippen MR) is 64.7 cm³/mol. The average Bonchev–Trinajstić information content (AvgIpc) is 3.00. The average molecular weight is 207 g/mol. The van der Waals surface area contributed by atoms with Crippen LogP contribution >= 0.6 is 0 Å². The van der Waals surface area contributed by atoms with Crippen LogP contribution in [0.2, 0.25) is 0 Å². The lowest BCUT2D eigenvalue weighted by Crippen LogP contribution is -2.28. The topological polar surface area (TPSA) is 32.3 Å². The van der Waals surface area contributed by atoms with E-state index in [1.54, 1.807) is 6.08 Å². The van der Waals surface area contributed by atoms with E-state index in [9.17, 15) is 5.11 Å². The van der Waals surface area contributed by atoms with Gasteiger partial charge in [0.05, 0.1) is 6.10 Å². The Bertz CT molecular complexity index is 241. The summed E-state index contributed by atoms with van der Waals surface area (Å²) in [7, 11) is 0. The molecule has 1 rings (SSSR count). The zero-order valence-electron chi connectivity index (χ0n) is 9.28. The summed E-state index contributed by atoms with van der Waals surface area (Å²) in [5.41, 5.74) is 1.10. The Morgan fingerprint density at radius 2 is 2.20 bits per heavy atom. The van der Waals surface area contributed by atoms with E-state index in [-0.39, 0.29) is 6.10 Å². The molecular formula is C13H21NO. The Morgan fingerprint density at radius 3 is 2.73 bits per heavy atom. The summed E-state index contributed by atoms with van der Waals surface area (Å²) in [6, 6.07) is 0. The smallest absolute Gasteiger partial charge is 0.0667 e. The molecule has 2 heteroatoms. The first-order valence-electron chi connectivity index (χ1n) is 5.59. The molecule has 0 heterocycles. The lowest BCUT2D eigenvalue weighted by atomic mass is 10.1. The van der Waals surface area contributed by atoms with E-state index >= 15 is 0 Å². The first-order valence-corrected chi connectivity index (χ1v) is 5.59. The standard InChI is InChI=1S/C13H21NO/c1-3-5-11(4-2)9-14-10-13(15)8-12-6-7-12/h3-5,12-15H,1-2,6-10H2/b11-5+. The third-order valence-electron chi connectivity index (χ3n) is 2.61. The van der Waals surface area contributed by atoms with Gasteiger partial charge in [0.15, 0.2) is 0 Å². The molecule has 2 N–H and O–H groups in total. The molecule has 1 fully saturated rings. The Labute approximate surface area is 92.4 Å². The monoisotopic (exact) mass is 207 g/mol. The summed E-state index contributed by atoms with van der Waals surface area (Å²) in [5.74, 6) is 0.782. The second-order valence-corrected chi connectivity index (χ2v) is 4.15. The van der Waals surface area contributed by atoms with Gasteiger partial charge in [0, 0.05) is 13.1 Å². The maximum absolute atomic E-state index is 9.65. The summed E-state index contributed by atoms with van der Waals surface area (Å²) in [6.45, 7) is 8.77. The van der Waals surface area contributed by atoms with Crippen LogP contribution in [0.3, 0.4) is 0 Å². The number of hydrogen-bond acceptors (Lipinski definition) is 2. The number of allylic oxidation sites excluding steroid dienone is 2.